The highest BCUT2D eigenvalue weighted by atomic mass is 16.4. The van der Waals surface area contributed by atoms with Crippen molar-refractivity contribution in [1.82, 2.24) is 20.4 Å². The summed E-state index contributed by atoms with van der Waals surface area (Å²) in [4.78, 5) is 38.9. The maximum atomic E-state index is 12.3. The Bertz CT molecular complexity index is 644. The van der Waals surface area contributed by atoms with Crippen LogP contribution in [0.15, 0.2) is 30.3 Å². The third-order valence-corrected chi connectivity index (χ3v) is 4.97. The van der Waals surface area contributed by atoms with Gasteiger partial charge in [0.25, 0.3) is 0 Å². The topological polar surface area (TPSA) is 102 Å². The number of nitrogens with one attached hydrogen (secondary N) is 2. The van der Waals surface area contributed by atoms with Crippen molar-refractivity contribution >= 4 is 17.9 Å². The number of carboxylic acids is 1. The molecule has 8 heteroatoms. The summed E-state index contributed by atoms with van der Waals surface area (Å²) in [5.41, 5.74) is 0.959. The number of carbonyl (C=O) groups excluding carboxylic acids is 2. The lowest BCUT2D eigenvalue weighted by Crippen LogP contribution is -2.53. The SMILES string of the molecule is CC(C(=O)NC(=O)NCc1ccccc1)N1CCC(N(C)CC(=O)O)CC1. The molecule has 1 heterocycles. The molecule has 0 spiro atoms. The minimum absolute atomic E-state index is 0.0162. The number of carboxylic acid groups (broad SMARTS) is 1. The van der Waals surface area contributed by atoms with E-state index in [4.69, 9.17) is 5.11 Å². The zero-order valence-corrected chi connectivity index (χ0v) is 15.9. The molecule has 1 unspecified atom stereocenters. The van der Waals surface area contributed by atoms with Gasteiger partial charge in [-0.1, -0.05) is 30.3 Å². The molecule has 2 rings (SSSR count). The Kier molecular flexibility index (Phi) is 7.75. The van der Waals surface area contributed by atoms with Crippen LogP contribution in [-0.2, 0) is 16.1 Å². The van der Waals surface area contributed by atoms with Gasteiger partial charge in [0.05, 0.1) is 12.6 Å². The molecule has 1 atom stereocenters. The standard InChI is InChI=1S/C19H28N4O4/c1-14(23-10-8-16(9-11-23)22(2)13-17(24)25)18(26)21-19(27)20-12-15-6-4-3-5-7-15/h3-7,14,16H,8-13H2,1-2H3,(H,24,25)(H2,20,21,26,27). The number of urea groups is 1. The van der Waals surface area contributed by atoms with Gasteiger partial charge in [-0.15, -0.1) is 0 Å². The van der Waals surface area contributed by atoms with Gasteiger partial charge in [0.2, 0.25) is 5.91 Å². The van der Waals surface area contributed by atoms with Gasteiger partial charge in [-0.05, 0) is 32.4 Å². The van der Waals surface area contributed by atoms with Crippen LogP contribution in [0, 0.1) is 0 Å². The number of likely N-dealkylation sites (tertiary alicyclic amines) is 1. The first-order valence-corrected chi connectivity index (χ1v) is 9.15. The Hall–Kier alpha value is -2.45. The van der Waals surface area contributed by atoms with Crippen LogP contribution >= 0.6 is 0 Å². The molecular weight excluding hydrogens is 348 g/mol. The molecule has 0 bridgehead atoms. The summed E-state index contributed by atoms with van der Waals surface area (Å²) in [7, 11) is 1.81. The molecule has 1 aromatic rings. The summed E-state index contributed by atoms with van der Waals surface area (Å²) >= 11 is 0. The van der Waals surface area contributed by atoms with Gasteiger partial charge >= 0.3 is 12.0 Å². The highest BCUT2D eigenvalue weighted by molar-refractivity contribution is 5.96. The third kappa shape index (κ3) is 6.65. The molecule has 0 aromatic heterocycles. The van der Waals surface area contributed by atoms with E-state index < -0.39 is 18.0 Å². The first kappa shape index (κ1) is 20.9. The van der Waals surface area contributed by atoms with Gasteiger partial charge < -0.3 is 10.4 Å². The van der Waals surface area contributed by atoms with Crippen LogP contribution < -0.4 is 10.6 Å². The molecule has 3 amide bonds. The van der Waals surface area contributed by atoms with E-state index in [0.717, 1.165) is 18.4 Å². The minimum atomic E-state index is -0.839. The maximum absolute atomic E-state index is 12.3. The molecule has 3 N–H and O–H groups in total. The number of piperidine rings is 1. The number of hydrogen-bond donors (Lipinski definition) is 3. The van der Waals surface area contributed by atoms with Crippen LogP contribution in [0.25, 0.3) is 0 Å². The summed E-state index contributed by atoms with van der Waals surface area (Å²) in [6, 6.07) is 8.75. The average molecular weight is 376 g/mol. The number of rotatable bonds is 7. The Morgan fingerprint density at radius 1 is 1.22 bits per heavy atom. The molecule has 1 aliphatic rings. The van der Waals surface area contributed by atoms with Gasteiger partial charge in [0.15, 0.2) is 0 Å². The molecular formula is C19H28N4O4. The van der Waals surface area contributed by atoms with Crippen molar-refractivity contribution in [2.24, 2.45) is 0 Å². The summed E-state index contributed by atoms with van der Waals surface area (Å²) < 4.78 is 0. The number of amides is 3. The normalized spacial score (nSPS) is 16.7. The Labute approximate surface area is 159 Å². The van der Waals surface area contributed by atoms with Gasteiger partial charge in [0.1, 0.15) is 0 Å². The monoisotopic (exact) mass is 376 g/mol. The molecule has 0 saturated carbocycles. The predicted molar refractivity (Wildman–Crippen MR) is 101 cm³/mol. The first-order valence-electron chi connectivity index (χ1n) is 9.15. The smallest absolute Gasteiger partial charge is 0.321 e. The molecule has 27 heavy (non-hydrogen) atoms. The number of imide groups is 1. The van der Waals surface area contributed by atoms with E-state index in [1.54, 1.807) is 6.92 Å². The van der Waals surface area contributed by atoms with Crippen molar-refractivity contribution in [2.45, 2.75) is 38.4 Å². The quantitative estimate of drug-likeness (QED) is 0.653. The van der Waals surface area contributed by atoms with Crippen LogP contribution in [0.2, 0.25) is 0 Å². The van der Waals surface area contributed by atoms with Gasteiger partial charge in [0, 0.05) is 25.7 Å². The highest BCUT2D eigenvalue weighted by Crippen LogP contribution is 2.17. The van der Waals surface area contributed by atoms with Gasteiger partial charge in [-0.3, -0.25) is 24.7 Å². The fourth-order valence-corrected chi connectivity index (χ4v) is 3.26. The van der Waals surface area contributed by atoms with E-state index in [9.17, 15) is 14.4 Å². The lowest BCUT2D eigenvalue weighted by Gasteiger charge is -2.38. The fourth-order valence-electron chi connectivity index (χ4n) is 3.26. The van der Waals surface area contributed by atoms with E-state index in [-0.39, 0.29) is 18.5 Å². The Morgan fingerprint density at radius 3 is 2.44 bits per heavy atom. The van der Waals surface area contributed by atoms with Crippen molar-refractivity contribution < 1.29 is 19.5 Å². The average Bonchev–Trinajstić information content (AvgIpc) is 2.66. The number of likely N-dealkylation sites (N-methyl/N-ethyl adjacent to an activating group) is 1. The van der Waals surface area contributed by atoms with Crippen molar-refractivity contribution in [3.8, 4) is 0 Å². The number of hydrogen-bond acceptors (Lipinski definition) is 5. The van der Waals surface area contributed by atoms with Crippen LogP contribution in [0.3, 0.4) is 0 Å². The van der Waals surface area contributed by atoms with E-state index in [1.807, 2.05) is 47.2 Å². The Balaban J connectivity index is 1.73. The molecule has 1 fully saturated rings. The molecule has 8 nitrogen and oxygen atoms in total. The minimum Gasteiger partial charge on any atom is -0.480 e. The largest absolute Gasteiger partial charge is 0.480 e. The van der Waals surface area contributed by atoms with Crippen molar-refractivity contribution in [3.05, 3.63) is 35.9 Å². The van der Waals surface area contributed by atoms with E-state index in [2.05, 4.69) is 10.6 Å². The van der Waals surface area contributed by atoms with E-state index in [1.165, 1.54) is 0 Å². The van der Waals surface area contributed by atoms with Gasteiger partial charge in [-0.2, -0.15) is 0 Å². The lowest BCUT2D eigenvalue weighted by atomic mass is 10.0. The van der Waals surface area contributed by atoms with Crippen molar-refractivity contribution in [3.63, 3.8) is 0 Å². The van der Waals surface area contributed by atoms with Crippen molar-refractivity contribution in [2.75, 3.05) is 26.7 Å². The molecule has 0 radical (unpaired) electrons. The van der Waals surface area contributed by atoms with Crippen LogP contribution in [0.1, 0.15) is 25.3 Å². The van der Waals surface area contributed by atoms with E-state index in [0.29, 0.717) is 19.6 Å². The number of aliphatic carboxylic acids is 1. The third-order valence-electron chi connectivity index (χ3n) is 4.97. The fraction of sp³-hybridized carbons (Fsp3) is 0.526. The van der Waals surface area contributed by atoms with Crippen LogP contribution in [0.5, 0.6) is 0 Å². The Morgan fingerprint density at radius 2 is 1.85 bits per heavy atom. The number of nitrogens with zero attached hydrogens (tertiary/aromatic N) is 2. The number of carbonyl (C=O) groups is 3. The molecule has 1 aliphatic heterocycles. The molecule has 1 saturated heterocycles. The number of benzene rings is 1. The van der Waals surface area contributed by atoms with Crippen LogP contribution in [0.4, 0.5) is 4.79 Å². The summed E-state index contributed by atoms with van der Waals surface area (Å²) in [5.74, 6) is -1.17. The summed E-state index contributed by atoms with van der Waals surface area (Å²) in [6.45, 7) is 3.53. The second-order valence-corrected chi connectivity index (χ2v) is 6.91. The predicted octanol–water partition coefficient (Wildman–Crippen LogP) is 0.882. The molecule has 0 aliphatic carbocycles. The summed E-state index contributed by atoms with van der Waals surface area (Å²) in [6.07, 6.45) is 1.59. The van der Waals surface area contributed by atoms with E-state index >= 15 is 0 Å². The zero-order chi connectivity index (χ0) is 19.8. The van der Waals surface area contributed by atoms with Gasteiger partial charge in [-0.25, -0.2) is 4.79 Å². The second-order valence-electron chi connectivity index (χ2n) is 6.91. The lowest BCUT2D eigenvalue weighted by molar-refractivity contribution is -0.138. The molecule has 1 aromatic carbocycles. The molecule has 148 valence electrons. The highest BCUT2D eigenvalue weighted by Gasteiger charge is 2.29. The zero-order valence-electron chi connectivity index (χ0n) is 15.9. The summed E-state index contributed by atoms with van der Waals surface area (Å²) in [5, 5.41) is 13.9. The second kappa shape index (κ2) is 10.0. The van der Waals surface area contributed by atoms with Crippen LogP contribution in [-0.4, -0.2) is 71.6 Å². The maximum Gasteiger partial charge on any atom is 0.321 e. The first-order chi connectivity index (χ1) is 12.9. The van der Waals surface area contributed by atoms with Crippen molar-refractivity contribution in [1.29, 1.82) is 0 Å².